The zero-order chi connectivity index (χ0) is 20.9. The number of hydrogen-bond donors (Lipinski definition) is 2. The smallest absolute Gasteiger partial charge is 0.248 e. The molecule has 3 aromatic rings. The summed E-state index contributed by atoms with van der Waals surface area (Å²) >= 11 is 0. The Bertz CT molecular complexity index is 1110. The van der Waals surface area contributed by atoms with Gasteiger partial charge in [0.25, 0.3) is 0 Å². The van der Waals surface area contributed by atoms with Crippen LogP contribution in [0, 0.1) is 11.3 Å². The van der Waals surface area contributed by atoms with Crippen LogP contribution >= 0.6 is 0 Å². The molecule has 7 nitrogen and oxygen atoms in total. The highest BCUT2D eigenvalue weighted by molar-refractivity contribution is 5.79. The fraction of sp³-hybridized carbons (Fsp3) is 0.304. The van der Waals surface area contributed by atoms with E-state index in [1.165, 1.54) is 6.07 Å². The number of aliphatic hydroxyl groups is 1. The topological polar surface area (TPSA) is 92.6 Å². The van der Waals surface area contributed by atoms with E-state index < -0.39 is 6.10 Å². The summed E-state index contributed by atoms with van der Waals surface area (Å²) in [6, 6.07) is 18.6. The van der Waals surface area contributed by atoms with Gasteiger partial charge < -0.3 is 19.7 Å². The molecule has 1 aliphatic rings. The van der Waals surface area contributed by atoms with Crippen LogP contribution in [0.3, 0.4) is 0 Å². The number of aromatic amines is 1. The third-order valence-electron chi connectivity index (χ3n) is 5.34. The number of aromatic nitrogens is 1. The zero-order valence-corrected chi connectivity index (χ0v) is 16.6. The minimum absolute atomic E-state index is 0.136. The Kier molecular flexibility index (Phi) is 5.98. The fourth-order valence-electron chi connectivity index (χ4n) is 3.78. The molecule has 2 N–H and O–H groups in total. The van der Waals surface area contributed by atoms with E-state index in [1.54, 1.807) is 18.2 Å². The van der Waals surface area contributed by atoms with Gasteiger partial charge in [-0.15, -0.1) is 0 Å². The van der Waals surface area contributed by atoms with Crippen LogP contribution in [0.5, 0.6) is 5.75 Å². The first-order chi connectivity index (χ1) is 14.6. The normalized spacial score (nSPS) is 15.7. The molecule has 0 saturated carbocycles. The van der Waals surface area contributed by atoms with Crippen molar-refractivity contribution in [2.45, 2.75) is 6.10 Å². The van der Waals surface area contributed by atoms with E-state index in [0.29, 0.717) is 17.9 Å². The van der Waals surface area contributed by atoms with Gasteiger partial charge in [0, 0.05) is 49.7 Å². The average molecular weight is 404 g/mol. The molecule has 2 aromatic carbocycles. The minimum Gasteiger partial charge on any atom is -0.491 e. The SMILES string of the molecule is N#Cc1ccccc1N1CCN(CC(O)COc2ccc3[nH]c(=O)ccc3c2)CC1. The highest BCUT2D eigenvalue weighted by atomic mass is 16.5. The van der Waals surface area contributed by atoms with Crippen LogP contribution in [0.1, 0.15) is 5.56 Å². The quantitative estimate of drug-likeness (QED) is 0.653. The molecule has 1 aromatic heterocycles. The summed E-state index contributed by atoms with van der Waals surface area (Å²) < 4.78 is 5.75. The van der Waals surface area contributed by atoms with Gasteiger partial charge in [-0.05, 0) is 36.4 Å². The van der Waals surface area contributed by atoms with Crippen molar-refractivity contribution >= 4 is 16.6 Å². The number of benzene rings is 2. The van der Waals surface area contributed by atoms with Gasteiger partial charge in [0.2, 0.25) is 5.56 Å². The summed E-state index contributed by atoms with van der Waals surface area (Å²) in [6.07, 6.45) is -0.603. The van der Waals surface area contributed by atoms with E-state index in [4.69, 9.17) is 4.74 Å². The molecular formula is C23H24N4O3. The molecule has 1 atom stereocenters. The number of aliphatic hydroxyl groups excluding tert-OH is 1. The van der Waals surface area contributed by atoms with Crippen molar-refractivity contribution in [3.8, 4) is 11.8 Å². The highest BCUT2D eigenvalue weighted by Gasteiger charge is 2.21. The third-order valence-corrected chi connectivity index (χ3v) is 5.34. The summed E-state index contributed by atoms with van der Waals surface area (Å²) in [5.41, 5.74) is 2.29. The van der Waals surface area contributed by atoms with E-state index in [0.717, 1.165) is 42.8 Å². The lowest BCUT2D eigenvalue weighted by atomic mass is 10.1. The summed E-state index contributed by atoms with van der Waals surface area (Å²) in [5, 5.41) is 20.6. The minimum atomic E-state index is -0.603. The van der Waals surface area contributed by atoms with Crippen molar-refractivity contribution in [1.29, 1.82) is 5.26 Å². The van der Waals surface area contributed by atoms with Gasteiger partial charge in [-0.1, -0.05) is 12.1 Å². The Hall–Kier alpha value is -3.34. The van der Waals surface area contributed by atoms with Gasteiger partial charge in [-0.25, -0.2) is 0 Å². The van der Waals surface area contributed by atoms with Crippen LogP contribution in [0.15, 0.2) is 59.4 Å². The Labute approximate surface area is 174 Å². The first-order valence-electron chi connectivity index (χ1n) is 10.0. The standard InChI is InChI=1S/C23H24N4O3/c24-14-18-3-1-2-4-22(18)27-11-9-26(10-12-27)15-19(28)16-30-20-6-7-21-17(13-20)5-8-23(29)25-21/h1-8,13,19,28H,9-12,15-16H2,(H,25,29). The van der Waals surface area contributed by atoms with Gasteiger partial charge in [-0.2, -0.15) is 5.26 Å². The van der Waals surface area contributed by atoms with E-state index >= 15 is 0 Å². The van der Waals surface area contributed by atoms with Crippen LogP contribution in [0.25, 0.3) is 10.9 Å². The maximum Gasteiger partial charge on any atom is 0.248 e. The van der Waals surface area contributed by atoms with E-state index in [9.17, 15) is 15.2 Å². The molecule has 1 unspecified atom stereocenters. The van der Waals surface area contributed by atoms with E-state index in [1.807, 2.05) is 30.3 Å². The molecule has 2 heterocycles. The van der Waals surface area contributed by atoms with Crippen molar-refractivity contribution in [3.05, 3.63) is 70.5 Å². The molecule has 0 bridgehead atoms. The number of para-hydroxylation sites is 1. The number of ether oxygens (including phenoxy) is 1. The van der Waals surface area contributed by atoms with E-state index in [-0.39, 0.29) is 12.2 Å². The molecule has 4 rings (SSSR count). The molecule has 1 aliphatic heterocycles. The molecule has 0 aliphatic carbocycles. The first kappa shape index (κ1) is 20.0. The summed E-state index contributed by atoms with van der Waals surface area (Å²) in [4.78, 5) is 18.6. The molecular weight excluding hydrogens is 380 g/mol. The Balaban J connectivity index is 1.27. The maximum absolute atomic E-state index is 11.4. The van der Waals surface area contributed by atoms with Crippen molar-refractivity contribution in [2.24, 2.45) is 0 Å². The van der Waals surface area contributed by atoms with Gasteiger partial charge in [-0.3, -0.25) is 9.69 Å². The number of fused-ring (bicyclic) bond motifs is 1. The zero-order valence-electron chi connectivity index (χ0n) is 16.6. The largest absolute Gasteiger partial charge is 0.491 e. The predicted octanol–water partition coefficient (Wildman–Crippen LogP) is 1.96. The number of β-amino-alcohol motifs (C(OH)–C–C–N with tert-alkyl or cyclic N) is 1. The summed E-state index contributed by atoms with van der Waals surface area (Å²) in [6.45, 7) is 4.01. The maximum atomic E-state index is 11.4. The number of H-pyrrole nitrogens is 1. The van der Waals surface area contributed by atoms with Gasteiger partial charge in [0.1, 0.15) is 24.5 Å². The number of nitrogens with one attached hydrogen (secondary N) is 1. The number of nitrogens with zero attached hydrogens (tertiary/aromatic N) is 3. The van der Waals surface area contributed by atoms with Crippen molar-refractivity contribution in [1.82, 2.24) is 9.88 Å². The number of piperazine rings is 1. The average Bonchev–Trinajstić information content (AvgIpc) is 2.78. The monoisotopic (exact) mass is 404 g/mol. The number of hydrogen-bond acceptors (Lipinski definition) is 6. The summed E-state index contributed by atoms with van der Waals surface area (Å²) in [5.74, 6) is 0.659. The molecule has 0 amide bonds. The Morgan fingerprint density at radius 1 is 1.10 bits per heavy atom. The van der Waals surface area contributed by atoms with Crippen molar-refractivity contribution in [2.75, 3.05) is 44.2 Å². The number of anilines is 1. The van der Waals surface area contributed by atoms with Gasteiger partial charge in [0.05, 0.1) is 11.3 Å². The van der Waals surface area contributed by atoms with Crippen LogP contribution in [-0.4, -0.2) is 60.4 Å². The molecule has 0 spiro atoms. The lowest BCUT2D eigenvalue weighted by molar-refractivity contribution is 0.0663. The second-order valence-electron chi connectivity index (χ2n) is 7.45. The highest BCUT2D eigenvalue weighted by Crippen LogP contribution is 2.21. The lowest BCUT2D eigenvalue weighted by Gasteiger charge is -2.37. The number of nitriles is 1. The third kappa shape index (κ3) is 4.62. The molecule has 30 heavy (non-hydrogen) atoms. The van der Waals surface area contributed by atoms with Crippen molar-refractivity contribution < 1.29 is 9.84 Å². The van der Waals surface area contributed by atoms with Crippen LogP contribution in [0.2, 0.25) is 0 Å². The number of pyridine rings is 1. The van der Waals surface area contributed by atoms with Crippen LogP contribution in [-0.2, 0) is 0 Å². The first-order valence-corrected chi connectivity index (χ1v) is 10.0. The molecule has 154 valence electrons. The lowest BCUT2D eigenvalue weighted by Crippen LogP contribution is -2.49. The molecule has 1 fully saturated rings. The molecule has 0 radical (unpaired) electrons. The Morgan fingerprint density at radius 3 is 2.70 bits per heavy atom. The molecule has 1 saturated heterocycles. The van der Waals surface area contributed by atoms with Crippen LogP contribution in [0.4, 0.5) is 5.69 Å². The van der Waals surface area contributed by atoms with Crippen molar-refractivity contribution in [3.63, 3.8) is 0 Å². The Morgan fingerprint density at radius 2 is 1.90 bits per heavy atom. The molecule has 7 heteroatoms. The number of rotatable bonds is 6. The predicted molar refractivity (Wildman–Crippen MR) is 116 cm³/mol. The van der Waals surface area contributed by atoms with Gasteiger partial charge >= 0.3 is 0 Å². The summed E-state index contributed by atoms with van der Waals surface area (Å²) in [7, 11) is 0. The fourth-order valence-corrected chi connectivity index (χ4v) is 3.78. The second-order valence-corrected chi connectivity index (χ2v) is 7.45. The van der Waals surface area contributed by atoms with Gasteiger partial charge in [0.15, 0.2) is 0 Å². The second kappa shape index (κ2) is 8.99. The van der Waals surface area contributed by atoms with E-state index in [2.05, 4.69) is 20.9 Å². The van der Waals surface area contributed by atoms with Crippen LogP contribution < -0.4 is 15.2 Å².